The molecule has 3 rings (SSSR count). The highest BCUT2D eigenvalue weighted by atomic mass is 35.5. The summed E-state index contributed by atoms with van der Waals surface area (Å²) in [7, 11) is 2.05. The molecule has 114 valence electrons. The number of rotatable bonds is 2. The Bertz CT molecular complexity index is 691. The largest absolute Gasteiger partial charge is 0.330 e. The van der Waals surface area contributed by atoms with Crippen molar-refractivity contribution in [1.82, 2.24) is 15.2 Å². The number of amides is 2. The smallest absolute Gasteiger partial charge is 0.319 e. The Hall–Kier alpha value is -2.11. The second-order valence-electron chi connectivity index (χ2n) is 5.44. The Morgan fingerprint density at radius 3 is 3.00 bits per heavy atom. The van der Waals surface area contributed by atoms with Crippen LogP contribution in [-0.2, 0) is 6.54 Å². The van der Waals surface area contributed by atoms with Crippen LogP contribution >= 0.6 is 11.6 Å². The number of anilines is 1. The highest BCUT2D eigenvalue weighted by molar-refractivity contribution is 6.30. The van der Waals surface area contributed by atoms with E-state index in [0.29, 0.717) is 10.7 Å². The summed E-state index contributed by atoms with van der Waals surface area (Å²) in [6.45, 7) is 1.67. The third-order valence-electron chi connectivity index (χ3n) is 3.63. The van der Waals surface area contributed by atoms with Crippen LogP contribution in [0.4, 0.5) is 10.5 Å². The van der Waals surface area contributed by atoms with Gasteiger partial charge in [-0.05, 0) is 24.2 Å². The lowest BCUT2D eigenvalue weighted by atomic mass is 9.96. The minimum absolute atomic E-state index is 0.0397. The lowest BCUT2D eigenvalue weighted by Crippen LogP contribution is -2.41. The summed E-state index contributed by atoms with van der Waals surface area (Å²) in [5.74, 6) is 0. The van der Waals surface area contributed by atoms with Crippen molar-refractivity contribution < 1.29 is 4.79 Å². The Balaban J connectivity index is 1.71. The Morgan fingerprint density at radius 1 is 1.36 bits per heavy atom. The number of nitrogens with one attached hydrogen (secondary N) is 2. The van der Waals surface area contributed by atoms with E-state index >= 15 is 0 Å². The van der Waals surface area contributed by atoms with Gasteiger partial charge in [0.1, 0.15) is 0 Å². The average molecular weight is 317 g/mol. The van der Waals surface area contributed by atoms with E-state index in [0.717, 1.165) is 13.1 Å². The zero-order valence-corrected chi connectivity index (χ0v) is 13.0. The van der Waals surface area contributed by atoms with E-state index in [1.54, 1.807) is 12.3 Å². The molecule has 0 fully saturated rings. The second-order valence-corrected chi connectivity index (χ2v) is 5.87. The molecule has 0 spiro atoms. The van der Waals surface area contributed by atoms with Gasteiger partial charge in [-0.3, -0.25) is 9.88 Å². The fourth-order valence-electron chi connectivity index (χ4n) is 2.71. The van der Waals surface area contributed by atoms with Crippen molar-refractivity contribution in [3.8, 4) is 0 Å². The second kappa shape index (κ2) is 6.34. The first kappa shape index (κ1) is 14.8. The first-order valence-electron chi connectivity index (χ1n) is 7.06. The van der Waals surface area contributed by atoms with Crippen LogP contribution in [0.3, 0.4) is 0 Å². The van der Waals surface area contributed by atoms with Crippen LogP contribution in [0.5, 0.6) is 0 Å². The predicted octanol–water partition coefficient (Wildman–Crippen LogP) is 3.04. The quantitative estimate of drug-likeness (QED) is 0.895. The number of fused-ring (bicyclic) bond motifs is 1. The van der Waals surface area contributed by atoms with Crippen molar-refractivity contribution in [3.05, 3.63) is 58.9 Å². The maximum Gasteiger partial charge on any atom is 0.319 e. The molecule has 2 heterocycles. The van der Waals surface area contributed by atoms with Crippen molar-refractivity contribution >= 4 is 23.3 Å². The number of hydrogen-bond acceptors (Lipinski definition) is 3. The van der Waals surface area contributed by atoms with E-state index in [1.807, 2.05) is 19.2 Å². The minimum atomic E-state index is -0.265. The number of carbonyl (C=O) groups is 1. The lowest BCUT2D eigenvalue weighted by molar-refractivity contribution is 0.232. The molecule has 2 amide bonds. The molecular weight excluding hydrogens is 300 g/mol. The summed E-state index contributed by atoms with van der Waals surface area (Å²) < 4.78 is 0. The molecule has 0 saturated heterocycles. The van der Waals surface area contributed by atoms with Gasteiger partial charge in [0.25, 0.3) is 0 Å². The third kappa shape index (κ3) is 3.37. The molecule has 1 aromatic carbocycles. The molecule has 1 atom stereocenters. The van der Waals surface area contributed by atoms with Crippen LogP contribution in [0.2, 0.25) is 5.02 Å². The van der Waals surface area contributed by atoms with Gasteiger partial charge in [-0.15, -0.1) is 0 Å². The summed E-state index contributed by atoms with van der Waals surface area (Å²) in [6, 6.07) is 9.54. The number of hydrogen-bond donors (Lipinski definition) is 2. The van der Waals surface area contributed by atoms with E-state index in [-0.39, 0.29) is 12.1 Å². The summed E-state index contributed by atoms with van der Waals surface area (Å²) in [5.41, 5.74) is 2.98. The summed E-state index contributed by atoms with van der Waals surface area (Å²) in [5, 5.41) is 6.26. The van der Waals surface area contributed by atoms with Crippen LogP contribution in [0.1, 0.15) is 17.2 Å². The number of nitrogens with zero attached hydrogens (tertiary/aromatic N) is 2. The fourth-order valence-corrected chi connectivity index (χ4v) is 2.89. The average Bonchev–Trinajstić information content (AvgIpc) is 2.47. The normalized spacial score (nSPS) is 17.6. The maximum absolute atomic E-state index is 12.2. The van der Waals surface area contributed by atoms with Crippen molar-refractivity contribution in [2.75, 3.05) is 18.9 Å². The molecule has 1 unspecified atom stereocenters. The predicted molar refractivity (Wildman–Crippen MR) is 86.9 cm³/mol. The molecule has 0 saturated carbocycles. The fraction of sp³-hybridized carbons (Fsp3) is 0.250. The zero-order valence-electron chi connectivity index (χ0n) is 12.2. The SMILES string of the molecule is CN1Cc2ccccc2C(NC(=O)Nc2cncc(Cl)c2)C1. The van der Waals surface area contributed by atoms with Crippen molar-refractivity contribution in [1.29, 1.82) is 0 Å². The first-order valence-corrected chi connectivity index (χ1v) is 7.44. The first-order chi connectivity index (χ1) is 10.6. The van der Waals surface area contributed by atoms with Crippen LogP contribution in [0.15, 0.2) is 42.7 Å². The van der Waals surface area contributed by atoms with E-state index in [9.17, 15) is 4.79 Å². The highest BCUT2D eigenvalue weighted by Gasteiger charge is 2.24. The topological polar surface area (TPSA) is 57.3 Å². The standard InChI is InChI=1S/C16H17ClN4O/c1-21-9-11-4-2-3-5-14(11)15(10-21)20-16(22)19-13-6-12(17)7-18-8-13/h2-8,15H,9-10H2,1H3,(H2,19,20,22). The molecule has 1 aliphatic rings. The molecule has 5 nitrogen and oxygen atoms in total. The molecule has 0 radical (unpaired) electrons. The van der Waals surface area contributed by atoms with E-state index in [2.05, 4.69) is 32.7 Å². The number of carbonyl (C=O) groups excluding carboxylic acids is 1. The summed E-state index contributed by atoms with van der Waals surface area (Å²) in [6.07, 6.45) is 3.09. The van der Waals surface area contributed by atoms with E-state index in [4.69, 9.17) is 11.6 Å². The third-order valence-corrected chi connectivity index (χ3v) is 3.84. The van der Waals surface area contributed by atoms with Gasteiger partial charge in [0.15, 0.2) is 0 Å². The Labute approximate surface area is 134 Å². The van der Waals surface area contributed by atoms with Gasteiger partial charge < -0.3 is 10.6 Å². The van der Waals surface area contributed by atoms with Crippen molar-refractivity contribution in [3.63, 3.8) is 0 Å². The molecule has 0 aliphatic carbocycles. The zero-order chi connectivity index (χ0) is 15.5. The molecule has 22 heavy (non-hydrogen) atoms. The Kier molecular flexibility index (Phi) is 4.27. The van der Waals surface area contributed by atoms with Crippen LogP contribution in [0.25, 0.3) is 0 Å². The van der Waals surface area contributed by atoms with Gasteiger partial charge in [0.2, 0.25) is 0 Å². The molecule has 0 bridgehead atoms. The maximum atomic E-state index is 12.2. The lowest BCUT2D eigenvalue weighted by Gasteiger charge is -2.32. The Morgan fingerprint density at radius 2 is 2.18 bits per heavy atom. The number of aromatic nitrogens is 1. The van der Waals surface area contributed by atoms with Crippen molar-refractivity contribution in [2.24, 2.45) is 0 Å². The van der Waals surface area contributed by atoms with Gasteiger partial charge in [-0.25, -0.2) is 4.79 Å². The number of benzene rings is 1. The van der Waals surface area contributed by atoms with Crippen molar-refractivity contribution in [2.45, 2.75) is 12.6 Å². The monoisotopic (exact) mass is 316 g/mol. The molecule has 2 aromatic rings. The van der Waals surface area contributed by atoms with Crippen LogP contribution in [-0.4, -0.2) is 29.5 Å². The summed E-state index contributed by atoms with van der Waals surface area (Å²) >= 11 is 5.87. The molecule has 2 N–H and O–H groups in total. The van der Waals surface area contributed by atoms with Crippen LogP contribution in [0, 0.1) is 0 Å². The molecule has 1 aliphatic heterocycles. The number of pyridine rings is 1. The number of likely N-dealkylation sites (N-methyl/N-ethyl adjacent to an activating group) is 1. The van der Waals surface area contributed by atoms with Crippen LogP contribution < -0.4 is 10.6 Å². The van der Waals surface area contributed by atoms with E-state index in [1.165, 1.54) is 17.3 Å². The highest BCUT2D eigenvalue weighted by Crippen LogP contribution is 2.25. The van der Waals surface area contributed by atoms with E-state index < -0.39 is 0 Å². The summed E-state index contributed by atoms with van der Waals surface area (Å²) in [4.78, 5) is 18.3. The molecular formula is C16H17ClN4O. The van der Waals surface area contributed by atoms with Gasteiger partial charge >= 0.3 is 6.03 Å². The van der Waals surface area contributed by atoms with Gasteiger partial charge in [-0.2, -0.15) is 0 Å². The van der Waals surface area contributed by atoms with Gasteiger partial charge in [0, 0.05) is 19.3 Å². The minimum Gasteiger partial charge on any atom is -0.330 e. The molecule has 6 heteroatoms. The van der Waals surface area contributed by atoms with Gasteiger partial charge in [0.05, 0.1) is 22.9 Å². The van der Waals surface area contributed by atoms with Gasteiger partial charge in [-0.1, -0.05) is 35.9 Å². The number of urea groups is 1. The number of halogens is 1. The molecule has 1 aromatic heterocycles.